The molecule has 0 radical (unpaired) electrons. The smallest absolute Gasteiger partial charge is 0.259 e. The van der Waals surface area contributed by atoms with Crippen LogP contribution in [0.15, 0.2) is 93.3 Å². The van der Waals surface area contributed by atoms with Crippen molar-refractivity contribution in [3.63, 3.8) is 0 Å². The molecule has 4 rings (SSSR count). The highest BCUT2D eigenvalue weighted by Crippen LogP contribution is 2.38. The van der Waals surface area contributed by atoms with Crippen LogP contribution >= 0.6 is 23.2 Å². The summed E-state index contributed by atoms with van der Waals surface area (Å²) in [6.07, 6.45) is 0. The first-order chi connectivity index (χ1) is 24.9. The van der Waals surface area contributed by atoms with Gasteiger partial charge in [-0.15, -0.1) is 0 Å². The zero-order valence-electron chi connectivity index (χ0n) is 28.9. The number of ketones is 2. The van der Waals surface area contributed by atoms with Crippen LogP contribution in [0.5, 0.6) is 23.0 Å². The minimum atomic E-state index is -1.49. The number of amides is 2. The van der Waals surface area contributed by atoms with Gasteiger partial charge in [0.25, 0.3) is 11.8 Å². The van der Waals surface area contributed by atoms with Crippen molar-refractivity contribution in [2.24, 2.45) is 20.5 Å². The number of nitrogens with zero attached hydrogens (tertiary/aromatic N) is 4. The summed E-state index contributed by atoms with van der Waals surface area (Å²) in [6, 6.07) is 16.5. The number of hydrogen-bond donors (Lipinski definition) is 2. The molecule has 0 aliphatic carbocycles. The van der Waals surface area contributed by atoms with Crippen LogP contribution in [0.3, 0.4) is 0 Å². The molecule has 0 saturated carbocycles. The number of para-hydroxylation sites is 2. The Morgan fingerprint density at radius 1 is 0.596 bits per heavy atom. The standard InChI is InChI=1S/C36H34Cl2N6O8/c1-19(45)31(35(47)39-33-27(49-3)9-7-10-28(33)50-4)43-41-22-14-15-23(24(37)18-22)21-13-16-26(25(38)17-21)42-44-32(20(2)46)36(48)40-34-29(51-5)11-8-12-30(34)52-6/h7-18,31-32H,1-6H3,(H,39,47)(H,40,48). The number of methoxy groups -OCH3 is 4. The summed E-state index contributed by atoms with van der Waals surface area (Å²) >= 11 is 13.1. The molecular weight excluding hydrogens is 715 g/mol. The third-order valence-corrected chi connectivity index (χ3v) is 8.02. The molecule has 0 aromatic heterocycles. The summed E-state index contributed by atoms with van der Waals surface area (Å²) in [5.41, 5.74) is 2.13. The molecule has 2 amide bonds. The lowest BCUT2D eigenvalue weighted by atomic mass is 10.0. The van der Waals surface area contributed by atoms with E-state index in [4.69, 9.17) is 42.1 Å². The quantitative estimate of drug-likeness (QED) is 0.0905. The molecule has 4 aromatic carbocycles. The van der Waals surface area contributed by atoms with Gasteiger partial charge in [0.05, 0.1) is 44.2 Å². The Labute approximate surface area is 309 Å². The number of halogens is 2. The molecule has 4 aromatic rings. The number of carbonyl (C=O) groups is 4. The Morgan fingerprint density at radius 3 is 1.46 bits per heavy atom. The zero-order valence-corrected chi connectivity index (χ0v) is 30.4. The maximum atomic E-state index is 13.1. The van der Waals surface area contributed by atoms with Crippen LogP contribution in [0.25, 0.3) is 11.1 Å². The first-order valence-corrected chi connectivity index (χ1v) is 16.1. The molecule has 2 atom stereocenters. The van der Waals surface area contributed by atoms with Gasteiger partial charge in [0.1, 0.15) is 40.1 Å². The molecular formula is C36H34Cl2N6O8. The topological polar surface area (TPSA) is 179 Å². The highest BCUT2D eigenvalue weighted by atomic mass is 35.5. The number of hydrogen-bond acceptors (Lipinski definition) is 12. The number of nitrogens with one attached hydrogen (secondary N) is 2. The SMILES string of the molecule is COc1cccc(OC)c1NC(=O)C(N=Nc1ccc(-c2ccc(N=NC(C(C)=O)C(=O)Nc3c(OC)cccc3OC)c(Cl)c2)c(Cl)c1)C(C)=O. The second kappa shape index (κ2) is 17.9. The summed E-state index contributed by atoms with van der Waals surface area (Å²) in [7, 11) is 5.74. The summed E-state index contributed by atoms with van der Waals surface area (Å²) < 4.78 is 21.2. The molecule has 2 N–H and O–H groups in total. The van der Waals surface area contributed by atoms with Crippen molar-refractivity contribution in [2.75, 3.05) is 39.1 Å². The Kier molecular flexibility index (Phi) is 13.4. The fourth-order valence-corrected chi connectivity index (χ4v) is 5.27. The van der Waals surface area contributed by atoms with Crippen molar-refractivity contribution in [1.29, 1.82) is 0 Å². The van der Waals surface area contributed by atoms with Gasteiger partial charge in [-0.3, -0.25) is 19.2 Å². The minimum Gasteiger partial charge on any atom is -0.494 e. The van der Waals surface area contributed by atoms with E-state index in [1.54, 1.807) is 66.7 Å². The Bertz CT molecular complexity index is 2010. The first kappa shape index (κ1) is 38.9. The van der Waals surface area contributed by atoms with Crippen LogP contribution in [0, 0.1) is 0 Å². The van der Waals surface area contributed by atoms with Gasteiger partial charge in [-0.25, -0.2) is 0 Å². The molecule has 0 heterocycles. The Balaban J connectivity index is 1.50. The number of azo groups is 2. The summed E-state index contributed by atoms with van der Waals surface area (Å²) in [6.45, 7) is 2.44. The van der Waals surface area contributed by atoms with Crippen molar-refractivity contribution in [3.05, 3.63) is 82.8 Å². The number of Topliss-reactive ketones (excluding diaryl/α,β-unsaturated/α-hetero) is 2. The van der Waals surface area contributed by atoms with Crippen LogP contribution in [0.1, 0.15) is 13.8 Å². The molecule has 52 heavy (non-hydrogen) atoms. The van der Waals surface area contributed by atoms with Crippen LogP contribution in [-0.4, -0.2) is 63.9 Å². The number of carbonyl (C=O) groups excluding carboxylic acids is 4. The van der Waals surface area contributed by atoms with E-state index in [9.17, 15) is 19.2 Å². The van der Waals surface area contributed by atoms with Gasteiger partial charge in [0, 0.05) is 5.56 Å². The van der Waals surface area contributed by atoms with Crippen molar-refractivity contribution >= 4 is 69.3 Å². The van der Waals surface area contributed by atoms with E-state index in [2.05, 4.69) is 31.1 Å². The number of benzene rings is 4. The summed E-state index contributed by atoms with van der Waals surface area (Å²) in [4.78, 5) is 50.9. The largest absolute Gasteiger partial charge is 0.494 e. The van der Waals surface area contributed by atoms with E-state index in [1.165, 1.54) is 48.4 Å². The average Bonchev–Trinajstić information content (AvgIpc) is 3.12. The van der Waals surface area contributed by atoms with E-state index >= 15 is 0 Å². The summed E-state index contributed by atoms with van der Waals surface area (Å²) in [5, 5.41) is 21.8. The molecule has 0 aliphatic heterocycles. The molecule has 0 bridgehead atoms. The molecule has 270 valence electrons. The molecule has 0 aliphatic rings. The first-order valence-electron chi connectivity index (χ1n) is 15.4. The lowest BCUT2D eigenvalue weighted by Crippen LogP contribution is -2.32. The molecule has 14 nitrogen and oxygen atoms in total. The van der Waals surface area contributed by atoms with E-state index < -0.39 is 35.5 Å². The van der Waals surface area contributed by atoms with Gasteiger partial charge < -0.3 is 29.6 Å². The highest BCUT2D eigenvalue weighted by molar-refractivity contribution is 6.34. The van der Waals surface area contributed by atoms with Crippen molar-refractivity contribution in [3.8, 4) is 34.1 Å². The van der Waals surface area contributed by atoms with E-state index in [0.29, 0.717) is 34.1 Å². The van der Waals surface area contributed by atoms with Gasteiger partial charge in [-0.05, 0) is 67.9 Å². The monoisotopic (exact) mass is 748 g/mol. The third-order valence-electron chi connectivity index (χ3n) is 7.40. The van der Waals surface area contributed by atoms with E-state index in [0.717, 1.165) is 0 Å². The van der Waals surface area contributed by atoms with Crippen molar-refractivity contribution < 1.29 is 38.1 Å². The van der Waals surface area contributed by atoms with Gasteiger partial charge in [0.15, 0.2) is 11.6 Å². The number of ether oxygens (including phenoxy) is 4. The van der Waals surface area contributed by atoms with Gasteiger partial charge in [-0.1, -0.05) is 47.5 Å². The van der Waals surface area contributed by atoms with Crippen molar-refractivity contribution in [2.45, 2.75) is 25.9 Å². The van der Waals surface area contributed by atoms with Crippen LogP contribution < -0.4 is 29.6 Å². The van der Waals surface area contributed by atoms with Crippen LogP contribution in [0.4, 0.5) is 22.7 Å². The maximum absolute atomic E-state index is 13.1. The van der Waals surface area contributed by atoms with Crippen molar-refractivity contribution in [1.82, 2.24) is 0 Å². The predicted octanol–water partition coefficient (Wildman–Crippen LogP) is 8.05. The normalized spacial score (nSPS) is 12.2. The highest BCUT2D eigenvalue weighted by Gasteiger charge is 2.27. The molecule has 0 saturated heterocycles. The zero-order chi connectivity index (χ0) is 37.9. The lowest BCUT2D eigenvalue weighted by Gasteiger charge is -2.15. The lowest BCUT2D eigenvalue weighted by molar-refractivity contribution is -0.127. The maximum Gasteiger partial charge on any atom is 0.259 e. The Hall–Kier alpha value is -5.86. The number of rotatable bonds is 15. The second-order valence-corrected chi connectivity index (χ2v) is 11.7. The average molecular weight is 750 g/mol. The van der Waals surface area contributed by atoms with E-state index in [-0.39, 0.29) is 32.8 Å². The number of anilines is 2. The van der Waals surface area contributed by atoms with Gasteiger partial charge in [0.2, 0.25) is 12.1 Å². The fraction of sp³-hybridized carbons (Fsp3) is 0.222. The van der Waals surface area contributed by atoms with E-state index in [1.807, 2.05) is 0 Å². The van der Waals surface area contributed by atoms with Gasteiger partial charge in [-0.2, -0.15) is 20.5 Å². The molecule has 2 unspecified atom stereocenters. The van der Waals surface area contributed by atoms with Crippen LogP contribution in [0.2, 0.25) is 10.0 Å². The van der Waals surface area contributed by atoms with Crippen LogP contribution in [-0.2, 0) is 19.2 Å². The molecule has 16 heteroatoms. The Morgan fingerprint density at radius 2 is 1.06 bits per heavy atom. The molecule has 0 spiro atoms. The predicted molar refractivity (Wildman–Crippen MR) is 196 cm³/mol. The second-order valence-electron chi connectivity index (χ2n) is 10.8. The summed E-state index contributed by atoms with van der Waals surface area (Å²) in [5.74, 6) is -1.26. The third kappa shape index (κ3) is 9.27. The van der Waals surface area contributed by atoms with Gasteiger partial charge >= 0.3 is 0 Å². The minimum absolute atomic E-state index is 0.164. The molecule has 0 fully saturated rings. The fourth-order valence-electron chi connectivity index (χ4n) is 4.77.